The molecule has 0 aromatic heterocycles. The third-order valence-corrected chi connectivity index (χ3v) is 3.95. The maximum absolute atomic E-state index is 12.3. The second-order valence-electron chi connectivity index (χ2n) is 4.26. The molecule has 2 aromatic rings. The van der Waals surface area contributed by atoms with Crippen molar-refractivity contribution in [2.75, 3.05) is 12.4 Å². The van der Waals surface area contributed by atoms with E-state index in [1.54, 1.807) is 18.2 Å². The van der Waals surface area contributed by atoms with E-state index >= 15 is 0 Å². The van der Waals surface area contributed by atoms with Gasteiger partial charge in [0.15, 0.2) is 0 Å². The summed E-state index contributed by atoms with van der Waals surface area (Å²) < 4.78 is 6.17. The first-order chi connectivity index (χ1) is 9.51. The van der Waals surface area contributed by atoms with Gasteiger partial charge in [-0.05, 0) is 48.9 Å². The van der Waals surface area contributed by atoms with Crippen molar-refractivity contribution in [3.05, 3.63) is 57.0 Å². The molecule has 0 heterocycles. The minimum Gasteiger partial charge on any atom is -0.496 e. The molecule has 1 N–H and O–H groups in total. The molecule has 0 saturated heterocycles. The van der Waals surface area contributed by atoms with Crippen molar-refractivity contribution in [3.8, 4) is 5.75 Å². The summed E-state index contributed by atoms with van der Waals surface area (Å²) in [5.41, 5.74) is 2.22. The Kier molecular flexibility index (Phi) is 4.68. The number of benzene rings is 2. The van der Waals surface area contributed by atoms with Gasteiger partial charge in [-0.15, -0.1) is 0 Å². The molecule has 2 rings (SSSR count). The Hall–Kier alpha value is -1.52. The fraction of sp³-hybridized carbons (Fsp3) is 0.133. The second kappa shape index (κ2) is 6.29. The highest BCUT2D eigenvalue weighted by atomic mass is 79.9. The predicted molar refractivity (Wildman–Crippen MR) is 84.8 cm³/mol. The molecule has 1 amide bonds. The SMILES string of the molecule is COc1cc(Cl)ccc1C(=O)Nc1ccc(Br)c(C)c1. The molecule has 5 heteroatoms. The number of carbonyl (C=O) groups is 1. The molecule has 20 heavy (non-hydrogen) atoms. The Balaban J connectivity index is 2.25. The van der Waals surface area contributed by atoms with Crippen LogP contribution in [0.15, 0.2) is 40.9 Å². The molecule has 3 nitrogen and oxygen atoms in total. The van der Waals surface area contributed by atoms with E-state index in [0.29, 0.717) is 16.3 Å². The topological polar surface area (TPSA) is 38.3 Å². The summed E-state index contributed by atoms with van der Waals surface area (Å²) >= 11 is 9.31. The van der Waals surface area contributed by atoms with Gasteiger partial charge in [-0.2, -0.15) is 0 Å². The average Bonchev–Trinajstić information content (AvgIpc) is 2.42. The van der Waals surface area contributed by atoms with Crippen molar-refractivity contribution >= 4 is 39.1 Å². The molecule has 0 radical (unpaired) electrons. The van der Waals surface area contributed by atoms with Crippen LogP contribution in [-0.2, 0) is 0 Å². The van der Waals surface area contributed by atoms with E-state index in [1.807, 2.05) is 25.1 Å². The lowest BCUT2D eigenvalue weighted by atomic mass is 10.1. The van der Waals surface area contributed by atoms with Gasteiger partial charge in [-0.25, -0.2) is 0 Å². The second-order valence-corrected chi connectivity index (χ2v) is 5.55. The maximum atomic E-state index is 12.3. The molecule has 2 aromatic carbocycles. The number of methoxy groups -OCH3 is 1. The highest BCUT2D eigenvalue weighted by Gasteiger charge is 2.13. The number of rotatable bonds is 3. The fourth-order valence-electron chi connectivity index (χ4n) is 1.77. The van der Waals surface area contributed by atoms with Gasteiger partial charge in [0.2, 0.25) is 0 Å². The molecule has 0 unspecified atom stereocenters. The van der Waals surface area contributed by atoms with E-state index in [1.165, 1.54) is 7.11 Å². The summed E-state index contributed by atoms with van der Waals surface area (Å²) in [5.74, 6) is 0.212. The number of anilines is 1. The third kappa shape index (κ3) is 3.32. The Morgan fingerprint density at radius 2 is 2.00 bits per heavy atom. The van der Waals surface area contributed by atoms with Crippen LogP contribution in [0.2, 0.25) is 5.02 Å². The summed E-state index contributed by atoms with van der Waals surface area (Å²) in [5, 5.41) is 3.36. The lowest BCUT2D eigenvalue weighted by Gasteiger charge is -2.10. The normalized spacial score (nSPS) is 10.2. The van der Waals surface area contributed by atoms with Crippen LogP contribution in [0.1, 0.15) is 15.9 Å². The standard InChI is InChI=1S/C15H13BrClNO2/c1-9-7-11(4-6-13(9)16)18-15(19)12-5-3-10(17)8-14(12)20-2/h3-8H,1-2H3,(H,18,19). The van der Waals surface area contributed by atoms with Gasteiger partial charge in [-0.1, -0.05) is 27.5 Å². The van der Waals surface area contributed by atoms with Crippen LogP contribution >= 0.6 is 27.5 Å². The zero-order valence-corrected chi connectivity index (χ0v) is 13.4. The highest BCUT2D eigenvalue weighted by molar-refractivity contribution is 9.10. The van der Waals surface area contributed by atoms with E-state index in [0.717, 1.165) is 15.7 Å². The highest BCUT2D eigenvalue weighted by Crippen LogP contribution is 2.25. The molecule has 0 aliphatic heterocycles. The van der Waals surface area contributed by atoms with Gasteiger partial charge in [0, 0.05) is 15.2 Å². The predicted octanol–water partition coefficient (Wildman–Crippen LogP) is 4.67. The molecule has 0 saturated carbocycles. The summed E-state index contributed by atoms with van der Waals surface area (Å²) in [6, 6.07) is 10.5. The first kappa shape index (κ1) is 14.9. The van der Waals surface area contributed by atoms with Crippen LogP contribution < -0.4 is 10.1 Å². The van der Waals surface area contributed by atoms with Crippen molar-refractivity contribution in [2.24, 2.45) is 0 Å². The Bertz CT molecular complexity index is 658. The summed E-state index contributed by atoms with van der Waals surface area (Å²) in [6.45, 7) is 1.96. The minimum absolute atomic E-state index is 0.236. The quantitative estimate of drug-likeness (QED) is 0.869. The van der Waals surface area contributed by atoms with Gasteiger partial charge < -0.3 is 10.1 Å². The first-order valence-electron chi connectivity index (χ1n) is 5.92. The van der Waals surface area contributed by atoms with E-state index in [2.05, 4.69) is 21.2 Å². The van der Waals surface area contributed by atoms with Crippen LogP contribution in [0.3, 0.4) is 0 Å². The fourth-order valence-corrected chi connectivity index (χ4v) is 2.18. The van der Waals surface area contributed by atoms with E-state index in [4.69, 9.17) is 16.3 Å². The maximum Gasteiger partial charge on any atom is 0.259 e. The number of hydrogen-bond donors (Lipinski definition) is 1. The van der Waals surface area contributed by atoms with Gasteiger partial charge in [0.25, 0.3) is 5.91 Å². The zero-order chi connectivity index (χ0) is 14.7. The molecule has 104 valence electrons. The van der Waals surface area contributed by atoms with Crippen molar-refractivity contribution in [3.63, 3.8) is 0 Å². The van der Waals surface area contributed by atoms with Crippen molar-refractivity contribution < 1.29 is 9.53 Å². The summed E-state index contributed by atoms with van der Waals surface area (Å²) in [4.78, 5) is 12.3. The van der Waals surface area contributed by atoms with Crippen LogP contribution in [0.4, 0.5) is 5.69 Å². The lowest BCUT2D eigenvalue weighted by molar-refractivity contribution is 0.102. The number of ether oxygens (including phenoxy) is 1. The van der Waals surface area contributed by atoms with Crippen molar-refractivity contribution in [2.45, 2.75) is 6.92 Å². The summed E-state index contributed by atoms with van der Waals surface area (Å²) in [7, 11) is 1.51. The largest absolute Gasteiger partial charge is 0.496 e. The molecular formula is C15H13BrClNO2. The van der Waals surface area contributed by atoms with Gasteiger partial charge in [0.05, 0.1) is 12.7 Å². The first-order valence-corrected chi connectivity index (χ1v) is 7.09. The number of halogens is 2. The molecule has 0 atom stereocenters. The zero-order valence-electron chi connectivity index (χ0n) is 11.0. The third-order valence-electron chi connectivity index (χ3n) is 2.82. The van der Waals surface area contributed by atoms with Crippen molar-refractivity contribution in [1.82, 2.24) is 0 Å². The van der Waals surface area contributed by atoms with Crippen LogP contribution in [-0.4, -0.2) is 13.0 Å². The Labute approximate surface area is 131 Å². The van der Waals surface area contributed by atoms with Crippen LogP contribution in [0.5, 0.6) is 5.75 Å². The monoisotopic (exact) mass is 353 g/mol. The lowest BCUT2D eigenvalue weighted by Crippen LogP contribution is -2.13. The molecule has 0 aliphatic rings. The summed E-state index contributed by atoms with van der Waals surface area (Å²) in [6.07, 6.45) is 0. The van der Waals surface area contributed by atoms with E-state index < -0.39 is 0 Å². The molecule has 0 bridgehead atoms. The number of aryl methyl sites for hydroxylation is 1. The van der Waals surface area contributed by atoms with E-state index in [9.17, 15) is 4.79 Å². The van der Waals surface area contributed by atoms with Gasteiger partial charge in [-0.3, -0.25) is 4.79 Å². The minimum atomic E-state index is -0.236. The van der Waals surface area contributed by atoms with E-state index in [-0.39, 0.29) is 5.91 Å². The van der Waals surface area contributed by atoms with Gasteiger partial charge in [0.1, 0.15) is 5.75 Å². The Morgan fingerprint density at radius 3 is 2.65 bits per heavy atom. The molecule has 0 spiro atoms. The van der Waals surface area contributed by atoms with Crippen molar-refractivity contribution in [1.29, 1.82) is 0 Å². The molecule has 0 fully saturated rings. The average molecular weight is 355 g/mol. The number of amides is 1. The number of nitrogens with one attached hydrogen (secondary N) is 1. The number of carbonyl (C=O) groups excluding carboxylic acids is 1. The molecular weight excluding hydrogens is 342 g/mol. The van der Waals surface area contributed by atoms with Crippen LogP contribution in [0, 0.1) is 6.92 Å². The number of hydrogen-bond acceptors (Lipinski definition) is 2. The van der Waals surface area contributed by atoms with Crippen LogP contribution in [0.25, 0.3) is 0 Å². The Morgan fingerprint density at radius 1 is 1.25 bits per heavy atom. The smallest absolute Gasteiger partial charge is 0.259 e. The molecule has 0 aliphatic carbocycles. The van der Waals surface area contributed by atoms with Gasteiger partial charge >= 0.3 is 0 Å².